The number of nitrogens with one attached hydrogen (secondary N) is 2. The van der Waals surface area contributed by atoms with Crippen molar-refractivity contribution >= 4 is 17.5 Å². The van der Waals surface area contributed by atoms with Crippen molar-refractivity contribution in [3.63, 3.8) is 0 Å². The zero-order valence-electron chi connectivity index (χ0n) is 11.6. The summed E-state index contributed by atoms with van der Waals surface area (Å²) in [5.41, 5.74) is 1.75. The average molecular weight is 263 g/mol. The second-order valence-corrected chi connectivity index (χ2v) is 5.06. The first-order valence-corrected chi connectivity index (χ1v) is 6.50. The maximum atomic E-state index is 11.2. The fraction of sp³-hybridized carbons (Fsp3) is 0.500. The molecule has 0 spiro atoms. The molecule has 1 saturated heterocycles. The van der Waals surface area contributed by atoms with Gasteiger partial charge in [-0.2, -0.15) is 0 Å². The summed E-state index contributed by atoms with van der Waals surface area (Å²) in [6.07, 6.45) is 0.678. The van der Waals surface area contributed by atoms with Crippen LogP contribution < -0.4 is 10.6 Å². The van der Waals surface area contributed by atoms with Gasteiger partial charge in [0.2, 0.25) is 0 Å². The van der Waals surface area contributed by atoms with E-state index in [2.05, 4.69) is 34.2 Å². The number of amides is 1. The number of hydrogen-bond donors (Lipinski definition) is 2. The summed E-state index contributed by atoms with van der Waals surface area (Å²) in [7, 11) is 3.49. The van der Waals surface area contributed by atoms with Crippen LogP contribution in [0.5, 0.6) is 0 Å². The number of hydrogen-bond acceptors (Lipinski definition) is 4. The van der Waals surface area contributed by atoms with E-state index in [0.29, 0.717) is 12.1 Å². The number of methoxy groups -OCH3 is 1. The normalized spacial score (nSPS) is 23.1. The molecule has 2 N–H and O–H groups in total. The molecule has 1 aliphatic rings. The van der Waals surface area contributed by atoms with Gasteiger partial charge in [0, 0.05) is 30.0 Å². The van der Waals surface area contributed by atoms with E-state index in [1.807, 2.05) is 24.3 Å². The number of anilines is 2. The predicted octanol–water partition coefficient (Wildman–Crippen LogP) is 2.37. The summed E-state index contributed by atoms with van der Waals surface area (Å²) in [6, 6.07) is 8.73. The molecule has 1 fully saturated rings. The van der Waals surface area contributed by atoms with Gasteiger partial charge in [0.05, 0.1) is 7.11 Å². The van der Waals surface area contributed by atoms with Gasteiger partial charge in [-0.1, -0.05) is 6.07 Å². The molecule has 1 heterocycles. The summed E-state index contributed by atoms with van der Waals surface area (Å²) in [6.45, 7) is 3.27. The minimum Gasteiger partial charge on any atom is -0.453 e. The molecule has 104 valence electrons. The molecule has 5 nitrogen and oxygen atoms in total. The number of likely N-dealkylation sites (tertiary alicyclic amines) is 1. The van der Waals surface area contributed by atoms with Gasteiger partial charge in [0.15, 0.2) is 0 Å². The largest absolute Gasteiger partial charge is 0.453 e. The molecule has 0 aliphatic carbocycles. The number of nitrogens with zero attached hydrogens (tertiary/aromatic N) is 1. The van der Waals surface area contributed by atoms with Crippen LogP contribution in [-0.4, -0.2) is 43.8 Å². The molecule has 0 bridgehead atoms. The van der Waals surface area contributed by atoms with Crippen molar-refractivity contribution in [2.24, 2.45) is 0 Å². The summed E-state index contributed by atoms with van der Waals surface area (Å²) in [5.74, 6) is 0. The SMILES string of the molecule is COC(=O)Nc1cccc(NC2CC(C)N(C)C2)c1. The third-order valence-corrected chi connectivity index (χ3v) is 3.55. The van der Waals surface area contributed by atoms with E-state index < -0.39 is 6.09 Å². The molecule has 2 atom stereocenters. The Morgan fingerprint density at radius 3 is 2.79 bits per heavy atom. The molecule has 1 aliphatic heterocycles. The van der Waals surface area contributed by atoms with Gasteiger partial charge in [0.1, 0.15) is 0 Å². The zero-order chi connectivity index (χ0) is 13.8. The zero-order valence-corrected chi connectivity index (χ0v) is 11.6. The molecule has 5 heteroatoms. The Morgan fingerprint density at radius 2 is 2.16 bits per heavy atom. The van der Waals surface area contributed by atoms with Crippen molar-refractivity contribution < 1.29 is 9.53 Å². The molecule has 19 heavy (non-hydrogen) atoms. The van der Waals surface area contributed by atoms with Gasteiger partial charge < -0.3 is 15.0 Å². The third-order valence-electron chi connectivity index (χ3n) is 3.55. The Balaban J connectivity index is 1.97. The van der Waals surface area contributed by atoms with Crippen molar-refractivity contribution in [3.8, 4) is 0 Å². The Morgan fingerprint density at radius 1 is 1.42 bits per heavy atom. The van der Waals surface area contributed by atoms with Crippen molar-refractivity contribution in [1.29, 1.82) is 0 Å². The Hall–Kier alpha value is -1.75. The highest BCUT2D eigenvalue weighted by Gasteiger charge is 2.25. The second-order valence-electron chi connectivity index (χ2n) is 5.06. The highest BCUT2D eigenvalue weighted by molar-refractivity contribution is 5.85. The predicted molar refractivity (Wildman–Crippen MR) is 76.6 cm³/mol. The van der Waals surface area contributed by atoms with Crippen molar-refractivity contribution in [2.75, 3.05) is 31.3 Å². The van der Waals surface area contributed by atoms with Crippen molar-refractivity contribution in [2.45, 2.75) is 25.4 Å². The van der Waals surface area contributed by atoms with Gasteiger partial charge in [0.25, 0.3) is 0 Å². The van der Waals surface area contributed by atoms with Gasteiger partial charge in [-0.25, -0.2) is 4.79 Å². The molecule has 0 saturated carbocycles. The molecule has 2 rings (SSSR count). The first kappa shape index (κ1) is 13.7. The van der Waals surface area contributed by atoms with Gasteiger partial charge in [-0.05, 0) is 38.6 Å². The summed E-state index contributed by atoms with van der Waals surface area (Å²) >= 11 is 0. The van der Waals surface area contributed by atoms with E-state index in [1.54, 1.807) is 0 Å². The molecule has 1 amide bonds. The molecule has 1 aromatic rings. The van der Waals surface area contributed by atoms with Crippen molar-refractivity contribution in [3.05, 3.63) is 24.3 Å². The van der Waals surface area contributed by atoms with Crippen LogP contribution in [0.15, 0.2) is 24.3 Å². The first-order chi connectivity index (χ1) is 9.08. The number of ether oxygens (including phenoxy) is 1. The third kappa shape index (κ3) is 3.61. The maximum Gasteiger partial charge on any atom is 0.411 e. The van der Waals surface area contributed by atoms with Crippen LogP contribution in [0.2, 0.25) is 0 Å². The Bertz CT molecular complexity index is 440. The summed E-state index contributed by atoms with van der Waals surface area (Å²) < 4.78 is 4.58. The lowest BCUT2D eigenvalue weighted by Crippen LogP contribution is -2.24. The molecule has 2 unspecified atom stereocenters. The lowest BCUT2D eigenvalue weighted by Gasteiger charge is -2.15. The van der Waals surface area contributed by atoms with Gasteiger partial charge in [-0.3, -0.25) is 5.32 Å². The van der Waals surface area contributed by atoms with Crippen LogP contribution in [0.1, 0.15) is 13.3 Å². The van der Waals surface area contributed by atoms with Crippen LogP contribution in [0.25, 0.3) is 0 Å². The maximum absolute atomic E-state index is 11.2. The van der Waals surface area contributed by atoms with E-state index in [4.69, 9.17) is 0 Å². The number of benzene rings is 1. The van der Waals surface area contributed by atoms with Crippen LogP contribution >= 0.6 is 0 Å². The van der Waals surface area contributed by atoms with E-state index in [-0.39, 0.29) is 0 Å². The molecule has 1 aromatic carbocycles. The Labute approximate surface area is 113 Å². The van der Waals surface area contributed by atoms with Gasteiger partial charge in [-0.15, -0.1) is 0 Å². The van der Waals surface area contributed by atoms with E-state index in [9.17, 15) is 4.79 Å². The van der Waals surface area contributed by atoms with E-state index >= 15 is 0 Å². The smallest absolute Gasteiger partial charge is 0.411 e. The quantitative estimate of drug-likeness (QED) is 0.879. The minimum atomic E-state index is -0.452. The second kappa shape index (κ2) is 5.93. The Kier molecular flexibility index (Phi) is 4.27. The number of rotatable bonds is 3. The number of carbonyl (C=O) groups is 1. The van der Waals surface area contributed by atoms with E-state index in [1.165, 1.54) is 7.11 Å². The van der Waals surface area contributed by atoms with Crippen LogP contribution in [-0.2, 0) is 4.74 Å². The van der Waals surface area contributed by atoms with Crippen LogP contribution in [0.3, 0.4) is 0 Å². The summed E-state index contributed by atoms with van der Waals surface area (Å²) in [4.78, 5) is 13.5. The first-order valence-electron chi connectivity index (χ1n) is 6.50. The topological polar surface area (TPSA) is 53.6 Å². The van der Waals surface area contributed by atoms with Gasteiger partial charge >= 0.3 is 6.09 Å². The van der Waals surface area contributed by atoms with Crippen molar-refractivity contribution in [1.82, 2.24) is 4.90 Å². The number of likely N-dealkylation sites (N-methyl/N-ethyl adjacent to an activating group) is 1. The minimum absolute atomic E-state index is 0.452. The highest BCUT2D eigenvalue weighted by atomic mass is 16.5. The van der Waals surface area contributed by atoms with E-state index in [0.717, 1.165) is 24.3 Å². The molecule has 0 aromatic heterocycles. The fourth-order valence-corrected chi connectivity index (χ4v) is 2.39. The lowest BCUT2D eigenvalue weighted by atomic mass is 10.2. The molecular weight excluding hydrogens is 242 g/mol. The molecular formula is C14H21N3O2. The average Bonchev–Trinajstić information content (AvgIpc) is 2.68. The lowest BCUT2D eigenvalue weighted by molar-refractivity contribution is 0.187. The fourth-order valence-electron chi connectivity index (χ4n) is 2.39. The highest BCUT2D eigenvalue weighted by Crippen LogP contribution is 2.21. The van der Waals surface area contributed by atoms with Crippen LogP contribution in [0.4, 0.5) is 16.2 Å². The monoisotopic (exact) mass is 263 g/mol. The molecule has 0 radical (unpaired) electrons. The summed E-state index contributed by atoms with van der Waals surface area (Å²) in [5, 5.41) is 6.16. The van der Waals surface area contributed by atoms with Crippen LogP contribution in [0, 0.1) is 0 Å². The standard InChI is InChI=1S/C14H21N3O2/c1-10-7-13(9-17(10)2)15-11-5-4-6-12(8-11)16-14(18)19-3/h4-6,8,10,13,15H,7,9H2,1-3H3,(H,16,18). The number of carbonyl (C=O) groups excluding carboxylic acids is 1.